The third kappa shape index (κ3) is 3.24. The first kappa shape index (κ1) is 16.8. The van der Waals surface area contributed by atoms with Crippen molar-refractivity contribution in [2.45, 2.75) is 0 Å². The zero-order valence-electron chi connectivity index (χ0n) is 14.0. The first-order chi connectivity index (χ1) is 13.2. The molecule has 0 N–H and O–H groups in total. The highest BCUT2D eigenvalue weighted by atomic mass is 35.5. The van der Waals surface area contributed by atoms with E-state index in [1.807, 2.05) is 18.2 Å². The largest absolute Gasteiger partial charge is 0.287 e. The maximum absolute atomic E-state index is 12.5. The first-order valence-electron chi connectivity index (χ1n) is 8.06. The van der Waals surface area contributed by atoms with Crippen LogP contribution >= 0.6 is 11.6 Å². The standard InChI is InChI=1S/C20H12ClN5O/c21-15-4-2-6-17(12-15)26-18(7-9-23-26)20-19(27)8-10-25(24-20)16-5-1-3-14(11-16)13-22/h1-12H. The van der Waals surface area contributed by atoms with E-state index < -0.39 is 0 Å². The Kier molecular flexibility index (Phi) is 4.29. The summed E-state index contributed by atoms with van der Waals surface area (Å²) in [6.45, 7) is 0. The fourth-order valence-corrected chi connectivity index (χ4v) is 2.93. The summed E-state index contributed by atoms with van der Waals surface area (Å²) in [4.78, 5) is 12.5. The van der Waals surface area contributed by atoms with Crippen molar-refractivity contribution in [1.82, 2.24) is 19.6 Å². The molecule has 4 rings (SSSR count). The van der Waals surface area contributed by atoms with E-state index in [2.05, 4.69) is 16.3 Å². The fourth-order valence-electron chi connectivity index (χ4n) is 2.74. The SMILES string of the molecule is N#Cc1cccc(-n2ccc(=O)c(-c3ccnn3-c3cccc(Cl)c3)n2)c1. The number of hydrogen-bond acceptors (Lipinski definition) is 4. The third-order valence-electron chi connectivity index (χ3n) is 3.99. The number of benzene rings is 2. The van der Waals surface area contributed by atoms with Crippen LogP contribution in [0.15, 0.2) is 77.9 Å². The van der Waals surface area contributed by atoms with Gasteiger partial charge in [0.2, 0.25) is 5.43 Å². The predicted molar refractivity (Wildman–Crippen MR) is 102 cm³/mol. The molecule has 0 aliphatic heterocycles. The monoisotopic (exact) mass is 373 g/mol. The molecule has 0 saturated carbocycles. The van der Waals surface area contributed by atoms with Crippen molar-refractivity contribution < 1.29 is 0 Å². The lowest BCUT2D eigenvalue weighted by molar-refractivity contribution is 0.822. The van der Waals surface area contributed by atoms with E-state index in [-0.39, 0.29) is 11.1 Å². The van der Waals surface area contributed by atoms with E-state index in [0.29, 0.717) is 22.0 Å². The number of rotatable bonds is 3. The second-order valence-electron chi connectivity index (χ2n) is 5.74. The molecule has 0 atom stereocenters. The maximum Gasteiger partial charge on any atom is 0.209 e. The van der Waals surface area contributed by atoms with Crippen LogP contribution in [0, 0.1) is 11.3 Å². The number of aromatic nitrogens is 4. The van der Waals surface area contributed by atoms with Gasteiger partial charge in [0.05, 0.1) is 34.9 Å². The Labute approximate surface area is 159 Å². The Balaban J connectivity index is 1.86. The van der Waals surface area contributed by atoms with Crippen LogP contribution in [0.2, 0.25) is 5.02 Å². The summed E-state index contributed by atoms with van der Waals surface area (Å²) in [6, 6.07) is 19.4. The molecule has 2 aromatic heterocycles. The Hall–Kier alpha value is -3.69. The van der Waals surface area contributed by atoms with Crippen LogP contribution in [0.5, 0.6) is 0 Å². The first-order valence-corrected chi connectivity index (χ1v) is 8.44. The van der Waals surface area contributed by atoms with Gasteiger partial charge in [0.1, 0.15) is 0 Å². The van der Waals surface area contributed by atoms with Crippen LogP contribution in [0.4, 0.5) is 0 Å². The molecule has 0 saturated heterocycles. The van der Waals surface area contributed by atoms with Gasteiger partial charge in [0, 0.05) is 17.3 Å². The van der Waals surface area contributed by atoms with E-state index in [1.165, 1.54) is 6.07 Å². The predicted octanol–water partition coefficient (Wildman–Crippen LogP) is 3.61. The van der Waals surface area contributed by atoms with Gasteiger partial charge in [0.15, 0.2) is 5.69 Å². The van der Waals surface area contributed by atoms with Crippen LogP contribution in [0.3, 0.4) is 0 Å². The van der Waals surface area contributed by atoms with E-state index in [9.17, 15) is 4.79 Å². The summed E-state index contributed by atoms with van der Waals surface area (Å²) in [5.41, 5.74) is 2.49. The number of nitriles is 1. The molecule has 2 heterocycles. The van der Waals surface area contributed by atoms with Gasteiger partial charge in [-0.1, -0.05) is 23.7 Å². The minimum atomic E-state index is -0.230. The summed E-state index contributed by atoms with van der Waals surface area (Å²) in [7, 11) is 0. The van der Waals surface area contributed by atoms with Crippen molar-refractivity contribution in [2.24, 2.45) is 0 Å². The molecular formula is C20H12ClN5O. The fraction of sp³-hybridized carbons (Fsp3) is 0. The Morgan fingerprint density at radius 1 is 1.00 bits per heavy atom. The number of hydrogen-bond donors (Lipinski definition) is 0. The average molecular weight is 374 g/mol. The molecule has 0 aliphatic carbocycles. The van der Waals surface area contributed by atoms with Crippen LogP contribution in [-0.4, -0.2) is 19.6 Å². The summed E-state index contributed by atoms with van der Waals surface area (Å²) in [5.74, 6) is 0. The molecule has 0 radical (unpaired) electrons. The van der Waals surface area contributed by atoms with Crippen LogP contribution in [-0.2, 0) is 0 Å². The lowest BCUT2D eigenvalue weighted by Crippen LogP contribution is -2.14. The van der Waals surface area contributed by atoms with Gasteiger partial charge < -0.3 is 0 Å². The highest BCUT2D eigenvalue weighted by Crippen LogP contribution is 2.21. The van der Waals surface area contributed by atoms with Gasteiger partial charge in [-0.25, -0.2) is 9.36 Å². The van der Waals surface area contributed by atoms with E-state index in [4.69, 9.17) is 16.9 Å². The quantitative estimate of drug-likeness (QED) is 0.549. The lowest BCUT2D eigenvalue weighted by Gasteiger charge is -2.10. The van der Waals surface area contributed by atoms with Crippen molar-refractivity contribution in [1.29, 1.82) is 5.26 Å². The number of nitrogens with zero attached hydrogens (tertiary/aromatic N) is 5. The molecule has 0 unspecified atom stereocenters. The molecule has 7 heteroatoms. The molecule has 4 aromatic rings. The third-order valence-corrected chi connectivity index (χ3v) is 4.22. The summed E-state index contributed by atoms with van der Waals surface area (Å²) in [5, 5.41) is 18.4. The molecule has 27 heavy (non-hydrogen) atoms. The second kappa shape index (κ2) is 6.90. The minimum absolute atomic E-state index is 0.230. The summed E-state index contributed by atoms with van der Waals surface area (Å²) >= 11 is 6.08. The van der Waals surface area contributed by atoms with Gasteiger partial charge in [0.25, 0.3) is 0 Å². The maximum atomic E-state index is 12.5. The van der Waals surface area contributed by atoms with E-state index in [1.54, 1.807) is 58.2 Å². The minimum Gasteiger partial charge on any atom is -0.287 e. The van der Waals surface area contributed by atoms with Crippen molar-refractivity contribution >= 4 is 11.6 Å². The Bertz CT molecular complexity index is 1240. The Morgan fingerprint density at radius 3 is 2.63 bits per heavy atom. The van der Waals surface area contributed by atoms with E-state index >= 15 is 0 Å². The number of halogens is 1. The van der Waals surface area contributed by atoms with Gasteiger partial charge in [-0.3, -0.25) is 4.79 Å². The normalized spacial score (nSPS) is 10.5. The van der Waals surface area contributed by atoms with Crippen LogP contribution in [0.25, 0.3) is 22.8 Å². The molecular weight excluding hydrogens is 362 g/mol. The molecule has 130 valence electrons. The van der Waals surface area contributed by atoms with Crippen molar-refractivity contribution in [2.75, 3.05) is 0 Å². The second-order valence-corrected chi connectivity index (χ2v) is 6.18. The molecule has 0 fully saturated rings. The van der Waals surface area contributed by atoms with Crippen molar-refractivity contribution in [3.05, 3.63) is 93.9 Å². The zero-order chi connectivity index (χ0) is 18.8. The topological polar surface area (TPSA) is 76.5 Å². The van der Waals surface area contributed by atoms with Gasteiger partial charge >= 0.3 is 0 Å². The summed E-state index contributed by atoms with van der Waals surface area (Å²) in [6.07, 6.45) is 3.17. The van der Waals surface area contributed by atoms with Crippen molar-refractivity contribution in [3.63, 3.8) is 0 Å². The Morgan fingerprint density at radius 2 is 1.81 bits per heavy atom. The van der Waals surface area contributed by atoms with Gasteiger partial charge in [-0.15, -0.1) is 0 Å². The molecule has 2 aromatic carbocycles. The molecule has 0 bridgehead atoms. The van der Waals surface area contributed by atoms with E-state index in [0.717, 1.165) is 5.69 Å². The lowest BCUT2D eigenvalue weighted by atomic mass is 10.2. The molecule has 0 aliphatic rings. The molecule has 0 amide bonds. The average Bonchev–Trinajstić information content (AvgIpc) is 3.18. The molecule has 0 spiro atoms. The smallest absolute Gasteiger partial charge is 0.209 e. The highest BCUT2D eigenvalue weighted by Gasteiger charge is 2.14. The zero-order valence-corrected chi connectivity index (χ0v) is 14.7. The highest BCUT2D eigenvalue weighted by molar-refractivity contribution is 6.30. The van der Waals surface area contributed by atoms with Gasteiger partial charge in [-0.05, 0) is 42.5 Å². The molecule has 6 nitrogen and oxygen atoms in total. The van der Waals surface area contributed by atoms with Gasteiger partial charge in [-0.2, -0.15) is 15.5 Å². The van der Waals surface area contributed by atoms with Crippen LogP contribution in [0.1, 0.15) is 5.56 Å². The van der Waals surface area contributed by atoms with Crippen LogP contribution < -0.4 is 5.43 Å². The summed E-state index contributed by atoms with van der Waals surface area (Å²) < 4.78 is 3.18. The van der Waals surface area contributed by atoms with Crippen molar-refractivity contribution in [3.8, 4) is 28.8 Å².